The van der Waals surface area contributed by atoms with Crippen LogP contribution in [0, 0.1) is 11.8 Å². The Bertz CT molecular complexity index is 226. The van der Waals surface area contributed by atoms with Crippen molar-refractivity contribution >= 4 is 11.8 Å². The zero-order chi connectivity index (χ0) is 9.42. The van der Waals surface area contributed by atoms with Crippen molar-refractivity contribution in [2.45, 2.75) is 19.3 Å². The molecule has 0 unspecified atom stereocenters. The molecule has 4 heteroatoms. The molecule has 2 aliphatic heterocycles. The van der Waals surface area contributed by atoms with Gasteiger partial charge >= 0.3 is 0 Å². The highest BCUT2D eigenvalue weighted by atomic mass is 16.2. The van der Waals surface area contributed by atoms with E-state index in [1.807, 2.05) is 0 Å². The molecule has 0 aromatic carbocycles. The van der Waals surface area contributed by atoms with Crippen molar-refractivity contribution in [1.29, 1.82) is 0 Å². The minimum Gasteiger partial charge on any atom is -0.330 e. The second-order valence-corrected chi connectivity index (χ2v) is 3.84. The molecule has 72 valence electrons. The number of nitrogens with zero attached hydrogens (tertiary/aromatic N) is 1. The molecule has 2 amide bonds. The number of hydrogen-bond donors (Lipinski definition) is 1. The third-order valence-electron chi connectivity index (χ3n) is 2.95. The van der Waals surface area contributed by atoms with Gasteiger partial charge in [0.05, 0.1) is 0 Å². The smallest absolute Gasteiger partial charge is 0.232 e. The van der Waals surface area contributed by atoms with Crippen molar-refractivity contribution in [2.24, 2.45) is 17.6 Å². The lowest BCUT2D eigenvalue weighted by Gasteiger charge is -2.44. The van der Waals surface area contributed by atoms with Gasteiger partial charge in [0.2, 0.25) is 11.8 Å². The maximum absolute atomic E-state index is 11.5. The maximum Gasteiger partial charge on any atom is 0.232 e. The minimum absolute atomic E-state index is 0.0287. The van der Waals surface area contributed by atoms with Gasteiger partial charge in [-0.05, 0) is 25.8 Å². The first-order valence-corrected chi connectivity index (χ1v) is 4.79. The van der Waals surface area contributed by atoms with Gasteiger partial charge in [0.15, 0.2) is 0 Å². The van der Waals surface area contributed by atoms with Crippen molar-refractivity contribution in [3.05, 3.63) is 0 Å². The summed E-state index contributed by atoms with van der Waals surface area (Å²) >= 11 is 0. The number of piperidine rings is 2. The molecule has 2 saturated heterocycles. The number of carbonyl (C=O) groups excluding carboxylic acids is 2. The third kappa shape index (κ3) is 1.25. The molecule has 2 heterocycles. The SMILES string of the molecule is NCCCN1C(=O)C2CC(C2)C1=O. The summed E-state index contributed by atoms with van der Waals surface area (Å²) in [7, 11) is 0. The van der Waals surface area contributed by atoms with E-state index in [0.29, 0.717) is 13.1 Å². The fourth-order valence-corrected chi connectivity index (χ4v) is 2.04. The largest absolute Gasteiger partial charge is 0.330 e. The zero-order valence-corrected chi connectivity index (χ0v) is 7.53. The summed E-state index contributed by atoms with van der Waals surface area (Å²) in [4.78, 5) is 24.5. The molecule has 1 saturated carbocycles. The van der Waals surface area contributed by atoms with Gasteiger partial charge in [-0.1, -0.05) is 0 Å². The van der Waals surface area contributed by atoms with E-state index in [1.54, 1.807) is 0 Å². The Morgan fingerprint density at radius 2 is 1.77 bits per heavy atom. The fourth-order valence-electron chi connectivity index (χ4n) is 2.04. The first-order valence-electron chi connectivity index (χ1n) is 4.79. The summed E-state index contributed by atoms with van der Waals surface area (Å²) in [6.07, 6.45) is 2.30. The molecule has 0 spiro atoms. The standard InChI is InChI=1S/C9H14N2O2/c10-2-1-3-11-8(12)6-4-7(5-6)9(11)13/h6-7H,1-5,10H2. The highest BCUT2D eigenvalue weighted by molar-refractivity contribution is 6.02. The second-order valence-electron chi connectivity index (χ2n) is 3.84. The van der Waals surface area contributed by atoms with Gasteiger partial charge in [0.1, 0.15) is 0 Å². The number of nitrogens with two attached hydrogens (primary N) is 1. The van der Waals surface area contributed by atoms with Crippen LogP contribution in [-0.2, 0) is 9.59 Å². The van der Waals surface area contributed by atoms with Crippen molar-refractivity contribution < 1.29 is 9.59 Å². The van der Waals surface area contributed by atoms with E-state index in [1.165, 1.54) is 4.90 Å². The Kier molecular flexibility index (Phi) is 2.07. The van der Waals surface area contributed by atoms with Crippen LogP contribution in [0.25, 0.3) is 0 Å². The highest BCUT2D eigenvalue weighted by Gasteiger charge is 2.49. The first-order chi connectivity index (χ1) is 6.24. The third-order valence-corrected chi connectivity index (χ3v) is 2.95. The average molecular weight is 182 g/mol. The topological polar surface area (TPSA) is 63.4 Å². The number of imide groups is 1. The monoisotopic (exact) mass is 182 g/mol. The predicted molar refractivity (Wildman–Crippen MR) is 46.6 cm³/mol. The Morgan fingerprint density at radius 3 is 2.23 bits per heavy atom. The molecule has 13 heavy (non-hydrogen) atoms. The molecule has 0 radical (unpaired) electrons. The molecule has 2 bridgehead atoms. The molecule has 3 rings (SSSR count). The zero-order valence-electron chi connectivity index (χ0n) is 7.53. The van der Waals surface area contributed by atoms with Gasteiger partial charge in [0, 0.05) is 18.4 Å². The van der Waals surface area contributed by atoms with Crippen molar-refractivity contribution in [1.82, 2.24) is 4.90 Å². The van der Waals surface area contributed by atoms with Gasteiger partial charge in [-0.15, -0.1) is 0 Å². The molecule has 0 aromatic heterocycles. The van der Waals surface area contributed by atoms with Crippen LogP contribution in [0.4, 0.5) is 0 Å². The van der Waals surface area contributed by atoms with E-state index < -0.39 is 0 Å². The van der Waals surface area contributed by atoms with Gasteiger partial charge in [0.25, 0.3) is 0 Å². The number of amides is 2. The molecule has 0 atom stereocenters. The van der Waals surface area contributed by atoms with E-state index in [0.717, 1.165) is 19.3 Å². The molecular formula is C9H14N2O2. The number of fused-ring (bicyclic) bond motifs is 2. The molecule has 3 aliphatic rings. The van der Waals surface area contributed by atoms with Crippen molar-refractivity contribution in [3.8, 4) is 0 Å². The Labute approximate surface area is 77.1 Å². The number of carbonyl (C=O) groups is 2. The van der Waals surface area contributed by atoms with Gasteiger partial charge < -0.3 is 5.73 Å². The van der Waals surface area contributed by atoms with Gasteiger partial charge in [-0.25, -0.2) is 0 Å². The summed E-state index contributed by atoms with van der Waals surface area (Å²) < 4.78 is 0. The highest BCUT2D eigenvalue weighted by Crippen LogP contribution is 2.41. The van der Waals surface area contributed by atoms with E-state index in [9.17, 15) is 9.59 Å². The number of hydrogen-bond acceptors (Lipinski definition) is 3. The molecule has 0 aromatic rings. The van der Waals surface area contributed by atoms with E-state index >= 15 is 0 Å². The molecule has 2 N–H and O–H groups in total. The summed E-state index contributed by atoms with van der Waals surface area (Å²) in [5.41, 5.74) is 5.33. The Hall–Kier alpha value is -0.900. The molecular weight excluding hydrogens is 168 g/mol. The lowest BCUT2D eigenvalue weighted by molar-refractivity contribution is -0.165. The second kappa shape index (κ2) is 3.10. The van der Waals surface area contributed by atoms with Crippen LogP contribution < -0.4 is 5.73 Å². The van der Waals surface area contributed by atoms with E-state index in [4.69, 9.17) is 5.73 Å². The van der Waals surface area contributed by atoms with Crippen LogP contribution in [0.1, 0.15) is 19.3 Å². The summed E-state index contributed by atoms with van der Waals surface area (Å²) in [6, 6.07) is 0. The van der Waals surface area contributed by atoms with Crippen molar-refractivity contribution in [2.75, 3.05) is 13.1 Å². The van der Waals surface area contributed by atoms with E-state index in [2.05, 4.69) is 0 Å². The fraction of sp³-hybridized carbons (Fsp3) is 0.778. The maximum atomic E-state index is 11.5. The van der Waals surface area contributed by atoms with Crippen LogP contribution in [0.5, 0.6) is 0 Å². The predicted octanol–water partition coefficient (Wildman–Crippen LogP) is -0.270. The summed E-state index contributed by atoms with van der Waals surface area (Å²) in [5.74, 6) is 0.336. The Balaban J connectivity index is 2.01. The summed E-state index contributed by atoms with van der Waals surface area (Å²) in [5, 5.41) is 0. The average Bonchev–Trinajstić information content (AvgIpc) is 2.00. The van der Waals surface area contributed by atoms with Gasteiger partial charge in [-0.2, -0.15) is 0 Å². The quantitative estimate of drug-likeness (QED) is 0.611. The minimum atomic E-state index is 0.0287. The van der Waals surface area contributed by atoms with Crippen molar-refractivity contribution in [3.63, 3.8) is 0 Å². The summed E-state index contributed by atoms with van der Waals surface area (Å²) in [6.45, 7) is 1.05. The van der Waals surface area contributed by atoms with Crippen LogP contribution in [0.15, 0.2) is 0 Å². The molecule has 1 aliphatic carbocycles. The van der Waals surface area contributed by atoms with Crippen LogP contribution in [0.3, 0.4) is 0 Å². The van der Waals surface area contributed by atoms with E-state index in [-0.39, 0.29) is 23.7 Å². The lowest BCUT2D eigenvalue weighted by Crippen LogP contribution is -2.56. The van der Waals surface area contributed by atoms with Crippen LogP contribution in [0.2, 0.25) is 0 Å². The van der Waals surface area contributed by atoms with Crippen LogP contribution in [-0.4, -0.2) is 29.8 Å². The number of rotatable bonds is 3. The van der Waals surface area contributed by atoms with Gasteiger partial charge in [-0.3, -0.25) is 14.5 Å². The van der Waals surface area contributed by atoms with Crippen LogP contribution >= 0.6 is 0 Å². The molecule has 3 fully saturated rings. The Morgan fingerprint density at radius 1 is 1.23 bits per heavy atom. The normalized spacial score (nSPS) is 31.9. The lowest BCUT2D eigenvalue weighted by atomic mass is 9.70. The molecule has 4 nitrogen and oxygen atoms in total. The first kappa shape index (κ1) is 8.69.